The summed E-state index contributed by atoms with van der Waals surface area (Å²) in [5.41, 5.74) is 4.08. The second-order valence-electron chi connectivity index (χ2n) is 5.29. The van der Waals surface area contributed by atoms with Crippen molar-refractivity contribution in [1.29, 1.82) is 0 Å². The second-order valence-corrected chi connectivity index (χ2v) is 5.56. The van der Waals surface area contributed by atoms with Crippen LogP contribution >= 0.6 is 11.6 Å². The van der Waals surface area contributed by atoms with Gasteiger partial charge in [0.25, 0.3) is 0 Å². The van der Waals surface area contributed by atoms with Crippen LogP contribution in [0.4, 0.5) is 0 Å². The smallest absolute Gasteiger partial charge is 0.227 e. The summed E-state index contributed by atoms with van der Waals surface area (Å²) in [6, 6.07) is 15.3. The van der Waals surface area contributed by atoms with Gasteiger partial charge < -0.3 is 9.84 Å². The van der Waals surface area contributed by atoms with E-state index in [1.165, 1.54) is 0 Å². The molecule has 0 fully saturated rings. The van der Waals surface area contributed by atoms with Crippen LogP contribution in [0.5, 0.6) is 5.75 Å². The van der Waals surface area contributed by atoms with E-state index in [-0.39, 0.29) is 0 Å². The van der Waals surface area contributed by atoms with Gasteiger partial charge >= 0.3 is 0 Å². The van der Waals surface area contributed by atoms with E-state index in [2.05, 4.69) is 9.97 Å². The SMILES string of the molecule is OC1Oc2ccccc2-c2nc(-c3ccc(CCl)cc3)ncc21. The fraction of sp³-hybridized carbons (Fsp3) is 0.111. The van der Waals surface area contributed by atoms with E-state index >= 15 is 0 Å². The number of hydrogen-bond donors (Lipinski definition) is 1. The van der Waals surface area contributed by atoms with E-state index in [4.69, 9.17) is 16.3 Å². The Labute approximate surface area is 138 Å². The first kappa shape index (κ1) is 14.2. The number of rotatable bonds is 2. The molecular weight excluding hydrogens is 312 g/mol. The first-order chi connectivity index (χ1) is 11.3. The minimum atomic E-state index is -1.05. The second kappa shape index (κ2) is 5.65. The summed E-state index contributed by atoms with van der Waals surface area (Å²) in [7, 11) is 0. The van der Waals surface area contributed by atoms with E-state index in [0.29, 0.717) is 28.7 Å². The quantitative estimate of drug-likeness (QED) is 0.726. The molecule has 2 aromatic carbocycles. The highest BCUT2D eigenvalue weighted by Crippen LogP contribution is 2.40. The van der Waals surface area contributed by atoms with Gasteiger partial charge in [-0.2, -0.15) is 0 Å². The van der Waals surface area contributed by atoms with Gasteiger partial charge in [0.1, 0.15) is 5.75 Å². The number of fused-ring (bicyclic) bond motifs is 3. The molecule has 4 rings (SSSR count). The number of aromatic nitrogens is 2. The van der Waals surface area contributed by atoms with Crippen LogP contribution in [-0.4, -0.2) is 15.1 Å². The fourth-order valence-electron chi connectivity index (χ4n) is 2.62. The van der Waals surface area contributed by atoms with Crippen LogP contribution < -0.4 is 4.74 Å². The standard InChI is InChI=1S/C18H13ClN2O2/c19-9-11-5-7-12(8-6-11)17-20-10-14-16(21-17)13-3-1-2-4-15(13)23-18(14)22/h1-8,10,18,22H,9H2. The molecular formula is C18H13ClN2O2. The topological polar surface area (TPSA) is 55.2 Å². The number of hydrogen-bond acceptors (Lipinski definition) is 4. The monoisotopic (exact) mass is 324 g/mol. The highest BCUT2D eigenvalue weighted by atomic mass is 35.5. The highest BCUT2D eigenvalue weighted by Gasteiger charge is 2.26. The molecule has 114 valence electrons. The summed E-state index contributed by atoms with van der Waals surface area (Å²) >= 11 is 5.82. The predicted molar refractivity (Wildman–Crippen MR) is 88.0 cm³/mol. The molecule has 0 amide bonds. The van der Waals surface area contributed by atoms with Crippen LogP contribution in [0.25, 0.3) is 22.6 Å². The lowest BCUT2D eigenvalue weighted by atomic mass is 10.0. The molecule has 23 heavy (non-hydrogen) atoms. The molecule has 1 aliphatic heterocycles. The van der Waals surface area contributed by atoms with Crippen molar-refractivity contribution in [1.82, 2.24) is 9.97 Å². The summed E-state index contributed by atoms with van der Waals surface area (Å²) in [5.74, 6) is 1.70. The number of halogens is 1. The van der Waals surface area contributed by atoms with E-state index in [9.17, 15) is 5.11 Å². The van der Waals surface area contributed by atoms with Crippen molar-refractivity contribution in [2.45, 2.75) is 12.2 Å². The zero-order chi connectivity index (χ0) is 15.8. The van der Waals surface area contributed by atoms with E-state index in [1.807, 2.05) is 48.5 Å². The summed E-state index contributed by atoms with van der Waals surface area (Å²) in [4.78, 5) is 9.00. The Morgan fingerprint density at radius 3 is 2.65 bits per heavy atom. The van der Waals surface area contributed by atoms with Gasteiger partial charge in [-0.25, -0.2) is 9.97 Å². The Bertz CT molecular complexity index is 865. The van der Waals surface area contributed by atoms with Crippen LogP contribution in [0, 0.1) is 0 Å². The molecule has 1 N–H and O–H groups in total. The summed E-state index contributed by atoms with van der Waals surface area (Å²) in [5, 5.41) is 10.1. The number of alkyl halides is 1. The molecule has 1 aliphatic rings. The number of aliphatic hydroxyl groups excluding tert-OH is 1. The van der Waals surface area contributed by atoms with Crippen LogP contribution in [0.2, 0.25) is 0 Å². The van der Waals surface area contributed by atoms with Crippen molar-refractivity contribution >= 4 is 11.6 Å². The normalized spacial score (nSPS) is 15.5. The maximum Gasteiger partial charge on any atom is 0.227 e. The molecule has 1 unspecified atom stereocenters. The molecule has 0 saturated heterocycles. The molecule has 5 heteroatoms. The molecule has 0 radical (unpaired) electrons. The van der Waals surface area contributed by atoms with Crippen molar-refractivity contribution < 1.29 is 9.84 Å². The number of para-hydroxylation sites is 1. The lowest BCUT2D eigenvalue weighted by Gasteiger charge is -2.24. The van der Waals surface area contributed by atoms with Gasteiger partial charge in [-0.1, -0.05) is 36.4 Å². The maximum absolute atomic E-state index is 10.1. The number of aliphatic hydroxyl groups is 1. The van der Waals surface area contributed by atoms with Gasteiger partial charge in [0.15, 0.2) is 5.82 Å². The van der Waals surface area contributed by atoms with Gasteiger partial charge in [-0.3, -0.25) is 0 Å². The fourth-order valence-corrected chi connectivity index (χ4v) is 2.80. The van der Waals surface area contributed by atoms with Gasteiger partial charge in [0.2, 0.25) is 6.29 Å². The van der Waals surface area contributed by atoms with Crippen LogP contribution in [-0.2, 0) is 5.88 Å². The third-order valence-corrected chi connectivity index (χ3v) is 4.14. The van der Waals surface area contributed by atoms with Gasteiger partial charge in [0, 0.05) is 23.2 Å². The average molecular weight is 325 g/mol. The van der Waals surface area contributed by atoms with Crippen LogP contribution in [0.15, 0.2) is 54.7 Å². The molecule has 1 aromatic heterocycles. The zero-order valence-electron chi connectivity index (χ0n) is 12.1. The van der Waals surface area contributed by atoms with Gasteiger partial charge in [-0.05, 0) is 17.7 Å². The van der Waals surface area contributed by atoms with Crippen molar-refractivity contribution in [3.05, 3.63) is 65.9 Å². The molecule has 0 saturated carbocycles. The molecule has 1 atom stereocenters. The van der Waals surface area contributed by atoms with Crippen molar-refractivity contribution in [2.24, 2.45) is 0 Å². The summed E-state index contributed by atoms with van der Waals surface area (Å²) in [6.07, 6.45) is 0.570. The predicted octanol–water partition coefficient (Wildman–Crippen LogP) is 3.93. The Balaban J connectivity index is 1.84. The lowest BCUT2D eigenvalue weighted by molar-refractivity contribution is -0.0218. The molecule has 0 aliphatic carbocycles. The Morgan fingerprint density at radius 1 is 1.09 bits per heavy atom. The minimum absolute atomic E-state index is 0.474. The molecule has 4 nitrogen and oxygen atoms in total. The van der Waals surface area contributed by atoms with E-state index < -0.39 is 6.29 Å². The van der Waals surface area contributed by atoms with Gasteiger partial charge in [0.05, 0.1) is 11.3 Å². The highest BCUT2D eigenvalue weighted by molar-refractivity contribution is 6.17. The first-order valence-electron chi connectivity index (χ1n) is 7.22. The van der Waals surface area contributed by atoms with E-state index in [1.54, 1.807) is 6.20 Å². The van der Waals surface area contributed by atoms with Crippen molar-refractivity contribution in [2.75, 3.05) is 0 Å². The third-order valence-electron chi connectivity index (χ3n) is 3.83. The zero-order valence-corrected chi connectivity index (χ0v) is 12.9. The van der Waals surface area contributed by atoms with Crippen molar-refractivity contribution in [3.63, 3.8) is 0 Å². The number of benzene rings is 2. The Kier molecular flexibility index (Phi) is 3.48. The molecule has 2 heterocycles. The van der Waals surface area contributed by atoms with E-state index in [0.717, 1.165) is 16.7 Å². The minimum Gasteiger partial charge on any atom is -0.460 e. The Morgan fingerprint density at radius 2 is 1.87 bits per heavy atom. The average Bonchev–Trinajstić information content (AvgIpc) is 2.61. The summed E-state index contributed by atoms with van der Waals surface area (Å²) in [6.45, 7) is 0. The lowest BCUT2D eigenvalue weighted by Crippen LogP contribution is -2.15. The van der Waals surface area contributed by atoms with Crippen LogP contribution in [0.1, 0.15) is 17.4 Å². The molecule has 0 spiro atoms. The van der Waals surface area contributed by atoms with Crippen molar-refractivity contribution in [3.8, 4) is 28.4 Å². The number of ether oxygens (including phenoxy) is 1. The third kappa shape index (κ3) is 2.46. The maximum atomic E-state index is 10.1. The summed E-state index contributed by atoms with van der Waals surface area (Å²) < 4.78 is 5.50. The molecule has 0 bridgehead atoms. The first-order valence-corrected chi connectivity index (χ1v) is 7.76. The Hall–Kier alpha value is -2.43. The van der Waals surface area contributed by atoms with Crippen LogP contribution in [0.3, 0.4) is 0 Å². The number of nitrogens with zero attached hydrogens (tertiary/aromatic N) is 2. The largest absolute Gasteiger partial charge is 0.460 e. The molecule has 3 aromatic rings. The van der Waals surface area contributed by atoms with Gasteiger partial charge in [-0.15, -0.1) is 11.6 Å².